The maximum absolute atomic E-state index is 11.6. The van der Waals surface area contributed by atoms with Crippen LogP contribution in [0.1, 0.15) is 43.0 Å². The van der Waals surface area contributed by atoms with Crippen LogP contribution in [0.5, 0.6) is 5.75 Å². The van der Waals surface area contributed by atoms with Crippen molar-refractivity contribution in [3.63, 3.8) is 0 Å². The highest BCUT2D eigenvalue weighted by Crippen LogP contribution is 2.38. The lowest BCUT2D eigenvalue weighted by Gasteiger charge is -2.19. The molecule has 4 aromatic carbocycles. The fraction of sp³-hybridized carbons (Fsp3) is 0. The quantitative estimate of drug-likeness (QED) is 0.316. The van der Waals surface area contributed by atoms with Crippen LogP contribution in [0.3, 0.4) is 0 Å². The van der Waals surface area contributed by atoms with Crippen molar-refractivity contribution in [2.75, 3.05) is 0 Å². The van der Waals surface area contributed by atoms with Crippen LogP contribution in [0.25, 0.3) is 11.1 Å². The second-order valence-corrected chi connectivity index (χ2v) is 7.09. The van der Waals surface area contributed by atoms with Crippen molar-refractivity contribution in [3.05, 3.63) is 137 Å². The Morgan fingerprint density at radius 1 is 0.516 bits per heavy atom. The molecule has 0 radical (unpaired) electrons. The summed E-state index contributed by atoms with van der Waals surface area (Å²) < 4.78 is 0. The molecule has 0 bridgehead atoms. The van der Waals surface area contributed by atoms with Crippen LogP contribution in [0.4, 0.5) is 0 Å². The van der Waals surface area contributed by atoms with Gasteiger partial charge in [-0.2, -0.15) is 0 Å². The van der Waals surface area contributed by atoms with Crippen LogP contribution in [0.15, 0.2) is 103 Å². The van der Waals surface area contributed by atoms with Crippen molar-refractivity contribution in [1.82, 2.24) is 0 Å². The molecule has 3 nitrogen and oxygen atoms in total. The molecule has 0 aliphatic heterocycles. The first-order valence-electron chi connectivity index (χ1n) is 9.91. The molecule has 1 N–H and O–H groups in total. The minimum atomic E-state index is -0.304. The van der Waals surface area contributed by atoms with E-state index in [0.29, 0.717) is 18.1 Å². The van der Waals surface area contributed by atoms with Gasteiger partial charge in [0, 0.05) is 0 Å². The van der Waals surface area contributed by atoms with Crippen LogP contribution in [0.2, 0.25) is 0 Å². The zero-order valence-corrected chi connectivity index (χ0v) is 16.7. The molecular formula is C28H20O3. The summed E-state index contributed by atoms with van der Waals surface area (Å²) in [5.41, 5.74) is 5.60. The van der Waals surface area contributed by atoms with Gasteiger partial charge in [0.1, 0.15) is 5.75 Å². The van der Waals surface area contributed by atoms with Crippen molar-refractivity contribution < 1.29 is 14.7 Å². The molecular weight excluding hydrogens is 384 g/mol. The summed E-state index contributed by atoms with van der Waals surface area (Å²) in [5, 5.41) is 10.3. The standard InChI is InChI=1S/C28H20O3/c29-18-24-16-23(17-25(19-30)28(24)31)27(22-14-8-3-9-15-22)26(20-10-4-1-5-11-20)21-12-6-2-7-13-21/h1-19,31H. The molecule has 0 aliphatic carbocycles. The van der Waals surface area contributed by atoms with E-state index in [0.717, 1.165) is 27.8 Å². The first kappa shape index (κ1) is 20.0. The average Bonchev–Trinajstić information content (AvgIpc) is 2.84. The molecule has 0 unspecified atom stereocenters. The number of benzene rings is 4. The molecule has 0 heterocycles. The monoisotopic (exact) mass is 404 g/mol. The molecule has 0 fully saturated rings. The SMILES string of the molecule is O=Cc1cc(C(=C(c2ccccc2)c2ccccc2)c2ccccc2)cc(C=O)c1O. The van der Waals surface area contributed by atoms with E-state index in [9.17, 15) is 14.7 Å². The van der Waals surface area contributed by atoms with Crippen molar-refractivity contribution in [3.8, 4) is 5.75 Å². The number of aldehydes is 2. The fourth-order valence-corrected chi connectivity index (χ4v) is 3.73. The Balaban J connectivity index is 2.15. The van der Waals surface area contributed by atoms with E-state index in [4.69, 9.17) is 0 Å². The van der Waals surface area contributed by atoms with Gasteiger partial charge < -0.3 is 5.11 Å². The lowest BCUT2D eigenvalue weighted by atomic mass is 9.85. The summed E-state index contributed by atoms with van der Waals surface area (Å²) in [6.07, 6.45) is 1.14. The molecule has 150 valence electrons. The minimum Gasteiger partial charge on any atom is -0.506 e. The largest absolute Gasteiger partial charge is 0.506 e. The van der Waals surface area contributed by atoms with Gasteiger partial charge in [-0.25, -0.2) is 0 Å². The van der Waals surface area contributed by atoms with Gasteiger partial charge in [-0.1, -0.05) is 91.0 Å². The Morgan fingerprint density at radius 2 is 0.839 bits per heavy atom. The molecule has 0 aliphatic rings. The third kappa shape index (κ3) is 4.07. The van der Waals surface area contributed by atoms with Gasteiger partial charge >= 0.3 is 0 Å². The molecule has 31 heavy (non-hydrogen) atoms. The Hall–Kier alpha value is -4.24. The normalized spacial score (nSPS) is 10.3. The van der Waals surface area contributed by atoms with Crippen LogP contribution in [0, 0.1) is 0 Å². The van der Waals surface area contributed by atoms with E-state index in [1.807, 2.05) is 91.0 Å². The Bertz CT molecular complexity index is 1170. The summed E-state index contributed by atoms with van der Waals surface area (Å²) in [5.74, 6) is -0.304. The third-order valence-electron chi connectivity index (χ3n) is 5.15. The van der Waals surface area contributed by atoms with E-state index in [1.54, 1.807) is 12.1 Å². The van der Waals surface area contributed by atoms with Crippen molar-refractivity contribution in [1.29, 1.82) is 0 Å². The number of phenols is 1. The second-order valence-electron chi connectivity index (χ2n) is 7.09. The van der Waals surface area contributed by atoms with Crippen molar-refractivity contribution in [2.45, 2.75) is 0 Å². The zero-order chi connectivity index (χ0) is 21.6. The van der Waals surface area contributed by atoms with E-state index < -0.39 is 0 Å². The number of carbonyl (C=O) groups excluding carboxylic acids is 2. The highest BCUT2D eigenvalue weighted by atomic mass is 16.3. The summed E-state index contributed by atoms with van der Waals surface area (Å²) in [6, 6.07) is 33.1. The van der Waals surface area contributed by atoms with Gasteiger partial charge in [-0.3, -0.25) is 9.59 Å². The van der Waals surface area contributed by atoms with Crippen molar-refractivity contribution >= 4 is 23.7 Å². The molecule has 4 aromatic rings. The topological polar surface area (TPSA) is 54.4 Å². The number of hydrogen-bond donors (Lipinski definition) is 1. The van der Waals surface area contributed by atoms with Crippen LogP contribution in [-0.2, 0) is 0 Å². The van der Waals surface area contributed by atoms with E-state index in [1.165, 1.54) is 0 Å². The predicted octanol–water partition coefficient (Wildman–Crippen LogP) is 6.02. The van der Waals surface area contributed by atoms with Gasteiger partial charge in [-0.15, -0.1) is 0 Å². The molecule has 0 atom stereocenters. The smallest absolute Gasteiger partial charge is 0.153 e. The molecule has 3 heteroatoms. The lowest BCUT2D eigenvalue weighted by molar-refractivity contribution is 0.112. The Morgan fingerprint density at radius 3 is 1.16 bits per heavy atom. The van der Waals surface area contributed by atoms with Crippen LogP contribution >= 0.6 is 0 Å². The molecule has 0 saturated heterocycles. The summed E-state index contributed by atoms with van der Waals surface area (Å²) in [4.78, 5) is 23.2. The zero-order valence-electron chi connectivity index (χ0n) is 16.7. The molecule has 0 saturated carbocycles. The first-order valence-corrected chi connectivity index (χ1v) is 9.91. The number of phenolic OH excluding ortho intramolecular Hbond substituents is 1. The highest BCUT2D eigenvalue weighted by molar-refractivity contribution is 6.06. The molecule has 4 rings (SSSR count). The highest BCUT2D eigenvalue weighted by Gasteiger charge is 2.19. The lowest BCUT2D eigenvalue weighted by Crippen LogP contribution is -2.00. The Kier molecular flexibility index (Phi) is 5.86. The first-order chi connectivity index (χ1) is 15.2. The third-order valence-corrected chi connectivity index (χ3v) is 5.15. The number of carbonyl (C=O) groups is 2. The number of hydrogen-bond acceptors (Lipinski definition) is 3. The number of rotatable bonds is 6. The van der Waals surface area contributed by atoms with E-state index in [2.05, 4.69) is 0 Å². The summed E-state index contributed by atoms with van der Waals surface area (Å²) in [6.45, 7) is 0. The summed E-state index contributed by atoms with van der Waals surface area (Å²) >= 11 is 0. The molecule has 0 aromatic heterocycles. The average molecular weight is 404 g/mol. The maximum Gasteiger partial charge on any atom is 0.153 e. The van der Waals surface area contributed by atoms with Gasteiger partial charge in [0.05, 0.1) is 11.1 Å². The van der Waals surface area contributed by atoms with Gasteiger partial charge in [0.2, 0.25) is 0 Å². The second kappa shape index (κ2) is 9.06. The maximum atomic E-state index is 11.6. The van der Waals surface area contributed by atoms with E-state index >= 15 is 0 Å². The van der Waals surface area contributed by atoms with Gasteiger partial charge in [-0.05, 0) is 45.5 Å². The summed E-state index contributed by atoms with van der Waals surface area (Å²) in [7, 11) is 0. The molecule has 0 spiro atoms. The molecule has 0 amide bonds. The van der Waals surface area contributed by atoms with Gasteiger partial charge in [0.15, 0.2) is 12.6 Å². The predicted molar refractivity (Wildman–Crippen MR) is 123 cm³/mol. The van der Waals surface area contributed by atoms with E-state index in [-0.39, 0.29) is 16.9 Å². The minimum absolute atomic E-state index is 0.0773. The number of aromatic hydroxyl groups is 1. The van der Waals surface area contributed by atoms with Crippen molar-refractivity contribution in [2.24, 2.45) is 0 Å². The van der Waals surface area contributed by atoms with Crippen LogP contribution < -0.4 is 0 Å². The van der Waals surface area contributed by atoms with Crippen LogP contribution in [-0.4, -0.2) is 17.7 Å². The fourth-order valence-electron chi connectivity index (χ4n) is 3.73. The Labute approximate surface area is 180 Å². The van der Waals surface area contributed by atoms with Gasteiger partial charge in [0.25, 0.3) is 0 Å².